The van der Waals surface area contributed by atoms with Crippen molar-refractivity contribution in [2.75, 3.05) is 12.4 Å². The number of carbonyl (C=O) groups is 1. The first-order chi connectivity index (χ1) is 15.3. The molecule has 1 N–H and O–H groups in total. The highest BCUT2D eigenvalue weighted by atomic mass is 79.9. The Bertz CT molecular complexity index is 1370. The highest BCUT2D eigenvalue weighted by Crippen LogP contribution is 2.34. The van der Waals surface area contributed by atoms with Crippen LogP contribution < -0.4 is 10.1 Å². The van der Waals surface area contributed by atoms with Crippen molar-refractivity contribution in [2.24, 2.45) is 0 Å². The van der Waals surface area contributed by atoms with Gasteiger partial charge >= 0.3 is 0 Å². The van der Waals surface area contributed by atoms with Crippen molar-refractivity contribution < 1.29 is 13.9 Å². The average Bonchev–Trinajstić information content (AvgIpc) is 3.16. The fraction of sp³-hybridized carbons (Fsp3) is 0.0435. The van der Waals surface area contributed by atoms with E-state index in [9.17, 15) is 4.79 Å². The number of nitrogens with zero attached hydrogens (tertiary/aromatic N) is 1. The van der Waals surface area contributed by atoms with Crippen LogP contribution >= 0.6 is 55.1 Å². The number of ether oxygens (including phenoxy) is 1. The third-order valence-electron chi connectivity index (χ3n) is 4.48. The lowest BCUT2D eigenvalue weighted by Crippen LogP contribution is -2.08. The van der Waals surface area contributed by atoms with Crippen molar-refractivity contribution in [1.82, 2.24) is 4.98 Å². The lowest BCUT2D eigenvalue weighted by atomic mass is 10.1. The molecule has 5 nitrogen and oxygen atoms in total. The van der Waals surface area contributed by atoms with E-state index >= 15 is 0 Å². The second kappa shape index (κ2) is 9.67. The Morgan fingerprint density at radius 3 is 2.72 bits per heavy atom. The van der Waals surface area contributed by atoms with E-state index in [-0.39, 0.29) is 5.91 Å². The van der Waals surface area contributed by atoms with Crippen LogP contribution in [0.1, 0.15) is 5.56 Å². The number of amides is 1. The summed E-state index contributed by atoms with van der Waals surface area (Å²) in [5, 5.41) is 3.75. The molecule has 0 aliphatic heterocycles. The summed E-state index contributed by atoms with van der Waals surface area (Å²) in [7, 11) is 1.57. The summed E-state index contributed by atoms with van der Waals surface area (Å²) < 4.78 is 12.8. The van der Waals surface area contributed by atoms with Gasteiger partial charge in [-0.25, -0.2) is 4.98 Å². The minimum absolute atomic E-state index is 0.355. The maximum absolute atomic E-state index is 12.6. The first kappa shape index (κ1) is 22.9. The molecule has 0 aliphatic carbocycles. The quantitative estimate of drug-likeness (QED) is 0.237. The van der Waals surface area contributed by atoms with Gasteiger partial charge in [0.15, 0.2) is 5.58 Å². The number of benzene rings is 3. The van der Waals surface area contributed by atoms with Crippen molar-refractivity contribution >= 4 is 83.8 Å². The zero-order valence-corrected chi connectivity index (χ0v) is 21.1. The molecular weight excluding hydrogens is 583 g/mol. The van der Waals surface area contributed by atoms with Crippen LogP contribution in [0.4, 0.5) is 5.69 Å². The van der Waals surface area contributed by atoms with E-state index in [0.717, 1.165) is 14.5 Å². The number of rotatable bonds is 5. The van der Waals surface area contributed by atoms with Gasteiger partial charge in [-0.3, -0.25) is 4.79 Å². The van der Waals surface area contributed by atoms with Gasteiger partial charge in [0.1, 0.15) is 11.3 Å². The fourth-order valence-electron chi connectivity index (χ4n) is 3.04. The Balaban J connectivity index is 1.58. The van der Waals surface area contributed by atoms with Gasteiger partial charge in [0.2, 0.25) is 11.8 Å². The fourth-order valence-corrected chi connectivity index (χ4v) is 4.79. The highest BCUT2D eigenvalue weighted by Gasteiger charge is 2.13. The number of hydrogen-bond acceptors (Lipinski definition) is 4. The van der Waals surface area contributed by atoms with Gasteiger partial charge in [-0.2, -0.15) is 0 Å². The molecular formula is C23H14Br2Cl2N2O3. The molecule has 1 aromatic heterocycles. The van der Waals surface area contributed by atoms with Gasteiger partial charge in [0.05, 0.1) is 22.3 Å². The summed E-state index contributed by atoms with van der Waals surface area (Å²) in [4.78, 5) is 17.0. The predicted molar refractivity (Wildman–Crippen MR) is 136 cm³/mol. The SMILES string of the molecule is COc1c(Br)cc(Br)cc1/C=C/C(=O)Nc1cc(-c2nc3cc(Cl)ccc3o2)ccc1Cl. The smallest absolute Gasteiger partial charge is 0.248 e. The van der Waals surface area contributed by atoms with Crippen LogP contribution in [0.2, 0.25) is 10.0 Å². The molecule has 162 valence electrons. The normalized spacial score (nSPS) is 11.3. The van der Waals surface area contributed by atoms with Crippen LogP contribution in [-0.4, -0.2) is 18.0 Å². The molecule has 0 unspecified atom stereocenters. The predicted octanol–water partition coefficient (Wildman–Crippen LogP) is 7.99. The van der Waals surface area contributed by atoms with Gasteiger partial charge in [0.25, 0.3) is 0 Å². The van der Waals surface area contributed by atoms with E-state index in [1.165, 1.54) is 6.08 Å². The van der Waals surface area contributed by atoms with Crippen molar-refractivity contribution in [1.29, 1.82) is 0 Å². The van der Waals surface area contributed by atoms with Gasteiger partial charge in [-0.15, -0.1) is 0 Å². The highest BCUT2D eigenvalue weighted by molar-refractivity contribution is 9.11. The maximum Gasteiger partial charge on any atom is 0.248 e. The summed E-state index contributed by atoms with van der Waals surface area (Å²) in [6.45, 7) is 0. The zero-order chi connectivity index (χ0) is 22.8. The second-order valence-electron chi connectivity index (χ2n) is 6.66. The van der Waals surface area contributed by atoms with Crippen molar-refractivity contribution in [3.05, 3.63) is 79.2 Å². The number of methoxy groups -OCH3 is 1. The summed E-state index contributed by atoms with van der Waals surface area (Å²) in [5.74, 6) is 0.661. The Labute approximate surface area is 210 Å². The maximum atomic E-state index is 12.6. The van der Waals surface area contributed by atoms with Crippen LogP contribution in [0.25, 0.3) is 28.6 Å². The first-order valence-corrected chi connectivity index (χ1v) is 11.6. The van der Waals surface area contributed by atoms with E-state index in [4.69, 9.17) is 32.4 Å². The molecule has 3 aromatic carbocycles. The third-order valence-corrected chi connectivity index (χ3v) is 6.09. The largest absolute Gasteiger partial charge is 0.495 e. The topological polar surface area (TPSA) is 64.4 Å². The van der Waals surface area contributed by atoms with Crippen LogP contribution in [0.15, 0.2) is 68.0 Å². The molecule has 0 spiro atoms. The van der Waals surface area contributed by atoms with Crippen molar-refractivity contribution in [3.63, 3.8) is 0 Å². The van der Waals surface area contributed by atoms with Crippen LogP contribution in [0.5, 0.6) is 5.75 Å². The Kier molecular flexibility index (Phi) is 6.90. The number of halogens is 4. The number of nitrogens with one attached hydrogen (secondary N) is 1. The lowest BCUT2D eigenvalue weighted by Gasteiger charge is -2.09. The van der Waals surface area contributed by atoms with E-state index < -0.39 is 0 Å². The molecule has 0 radical (unpaired) electrons. The third kappa shape index (κ3) is 5.02. The van der Waals surface area contributed by atoms with E-state index in [0.29, 0.717) is 44.0 Å². The number of carbonyl (C=O) groups excluding carboxylic acids is 1. The molecule has 0 saturated carbocycles. The van der Waals surface area contributed by atoms with E-state index in [1.807, 2.05) is 12.1 Å². The zero-order valence-electron chi connectivity index (χ0n) is 16.5. The Morgan fingerprint density at radius 1 is 1.12 bits per heavy atom. The molecule has 0 atom stereocenters. The number of anilines is 1. The molecule has 1 heterocycles. The summed E-state index contributed by atoms with van der Waals surface area (Å²) in [6.07, 6.45) is 3.06. The van der Waals surface area contributed by atoms with E-state index in [2.05, 4.69) is 42.2 Å². The molecule has 32 heavy (non-hydrogen) atoms. The molecule has 4 aromatic rings. The van der Waals surface area contributed by atoms with Gasteiger partial charge in [-0.1, -0.05) is 39.1 Å². The number of aromatic nitrogens is 1. The molecule has 9 heteroatoms. The van der Waals surface area contributed by atoms with Crippen LogP contribution in [-0.2, 0) is 4.79 Å². The number of oxazole rings is 1. The first-order valence-electron chi connectivity index (χ1n) is 9.22. The Hall–Kier alpha value is -2.32. The standard InChI is InChI=1S/C23H14Br2Cl2N2O3/c1-31-22-12(8-14(24)10-16(22)25)3-7-21(30)28-18-9-13(2-5-17(18)27)23-29-19-11-15(26)4-6-20(19)32-23/h2-11H,1H3,(H,28,30)/b7-3+. The monoisotopic (exact) mass is 594 g/mol. The van der Waals surface area contributed by atoms with Crippen LogP contribution in [0, 0.1) is 0 Å². The molecule has 0 fully saturated rings. The molecule has 0 saturated heterocycles. The average molecular weight is 597 g/mol. The Morgan fingerprint density at radius 2 is 1.94 bits per heavy atom. The minimum atomic E-state index is -0.355. The van der Waals surface area contributed by atoms with Gasteiger partial charge in [0, 0.05) is 26.7 Å². The minimum Gasteiger partial charge on any atom is -0.495 e. The molecule has 1 amide bonds. The summed E-state index contributed by atoms with van der Waals surface area (Å²) in [5.41, 5.74) is 3.08. The van der Waals surface area contributed by atoms with Gasteiger partial charge in [-0.05, 0) is 70.5 Å². The van der Waals surface area contributed by atoms with Crippen LogP contribution in [0.3, 0.4) is 0 Å². The summed E-state index contributed by atoms with van der Waals surface area (Å²) in [6, 6.07) is 14.1. The number of fused-ring (bicyclic) bond motifs is 1. The molecule has 4 rings (SSSR count). The van der Waals surface area contributed by atoms with Crippen molar-refractivity contribution in [2.45, 2.75) is 0 Å². The van der Waals surface area contributed by atoms with Gasteiger partial charge < -0.3 is 14.5 Å². The van der Waals surface area contributed by atoms with E-state index in [1.54, 1.807) is 49.6 Å². The van der Waals surface area contributed by atoms with Crippen molar-refractivity contribution in [3.8, 4) is 17.2 Å². The lowest BCUT2D eigenvalue weighted by molar-refractivity contribution is -0.111. The molecule has 0 aliphatic rings. The number of hydrogen-bond donors (Lipinski definition) is 1. The molecule has 0 bridgehead atoms. The second-order valence-corrected chi connectivity index (χ2v) is 9.27. The summed E-state index contributed by atoms with van der Waals surface area (Å²) >= 11 is 19.2.